The van der Waals surface area contributed by atoms with Crippen molar-refractivity contribution >= 4 is 29.9 Å². The highest BCUT2D eigenvalue weighted by molar-refractivity contribution is 14.0. The average Bonchev–Trinajstić information content (AvgIpc) is 3.10. The highest BCUT2D eigenvalue weighted by atomic mass is 127. The molecule has 31 heavy (non-hydrogen) atoms. The van der Waals surface area contributed by atoms with Crippen molar-refractivity contribution in [2.24, 2.45) is 4.99 Å². The third kappa shape index (κ3) is 6.83. The van der Waals surface area contributed by atoms with Gasteiger partial charge < -0.3 is 20.1 Å². The number of nitrogens with zero attached hydrogens (tertiary/aromatic N) is 3. The Balaban J connectivity index is 0.00000341. The number of aliphatic imine (C=N–C) groups is 1. The first-order valence-corrected chi connectivity index (χ1v) is 10.7. The lowest BCUT2D eigenvalue weighted by Gasteiger charge is -2.38. The molecule has 2 aromatic rings. The third-order valence-electron chi connectivity index (χ3n) is 5.91. The zero-order valence-corrected chi connectivity index (χ0v) is 21.4. The Labute approximate surface area is 203 Å². The van der Waals surface area contributed by atoms with Gasteiger partial charge in [-0.1, -0.05) is 12.1 Å². The number of guanidine groups is 1. The second-order valence-corrected chi connectivity index (χ2v) is 7.98. The Morgan fingerprint density at radius 3 is 2.48 bits per heavy atom. The maximum absolute atomic E-state index is 5.65. The molecule has 0 unspecified atom stereocenters. The summed E-state index contributed by atoms with van der Waals surface area (Å²) < 4.78 is 13.0. The summed E-state index contributed by atoms with van der Waals surface area (Å²) in [6, 6.07) is 10.5. The average molecular weight is 541 g/mol. The molecular weight excluding hydrogens is 505 g/mol. The lowest BCUT2D eigenvalue weighted by Crippen LogP contribution is -2.48. The second-order valence-electron chi connectivity index (χ2n) is 7.98. The molecule has 1 saturated heterocycles. The molecule has 7 nitrogen and oxygen atoms in total. The molecule has 0 amide bonds. The molecule has 1 aliphatic heterocycles. The highest BCUT2D eigenvalue weighted by Gasteiger charge is 2.34. The predicted octanol–water partition coefficient (Wildman–Crippen LogP) is 3.43. The number of hydrogen-bond acceptors (Lipinski definition) is 4. The van der Waals surface area contributed by atoms with Crippen molar-refractivity contribution in [3.8, 4) is 5.75 Å². The SMILES string of the molecule is CN=C(NCCCn1nc(C)cc1C)NCC1(c2ccc(OC)cc2)CCOCC1.I. The molecule has 0 aliphatic carbocycles. The van der Waals surface area contributed by atoms with Gasteiger partial charge in [-0.15, -0.1) is 24.0 Å². The Morgan fingerprint density at radius 1 is 1.19 bits per heavy atom. The number of aryl methyl sites for hydroxylation is 3. The summed E-state index contributed by atoms with van der Waals surface area (Å²) in [7, 11) is 3.52. The Bertz CT molecular complexity index is 829. The fourth-order valence-corrected chi connectivity index (χ4v) is 4.08. The van der Waals surface area contributed by atoms with Crippen molar-refractivity contribution in [3.63, 3.8) is 0 Å². The quantitative estimate of drug-likeness (QED) is 0.232. The van der Waals surface area contributed by atoms with Gasteiger partial charge in [-0.3, -0.25) is 9.67 Å². The summed E-state index contributed by atoms with van der Waals surface area (Å²) in [5, 5.41) is 11.5. The van der Waals surface area contributed by atoms with E-state index in [9.17, 15) is 0 Å². The van der Waals surface area contributed by atoms with Crippen LogP contribution in [0.2, 0.25) is 0 Å². The van der Waals surface area contributed by atoms with Crippen LogP contribution in [0.5, 0.6) is 5.75 Å². The molecule has 0 bridgehead atoms. The van der Waals surface area contributed by atoms with Crippen LogP contribution in [-0.2, 0) is 16.7 Å². The fraction of sp³-hybridized carbons (Fsp3) is 0.565. The topological polar surface area (TPSA) is 72.7 Å². The smallest absolute Gasteiger partial charge is 0.191 e. The number of aromatic nitrogens is 2. The van der Waals surface area contributed by atoms with Crippen molar-refractivity contribution < 1.29 is 9.47 Å². The summed E-state index contributed by atoms with van der Waals surface area (Å²) in [6.07, 6.45) is 2.96. The molecule has 3 rings (SSSR count). The number of methoxy groups -OCH3 is 1. The van der Waals surface area contributed by atoms with Crippen molar-refractivity contribution in [1.82, 2.24) is 20.4 Å². The van der Waals surface area contributed by atoms with E-state index in [4.69, 9.17) is 9.47 Å². The third-order valence-corrected chi connectivity index (χ3v) is 5.91. The van der Waals surface area contributed by atoms with E-state index in [0.717, 1.165) is 69.5 Å². The number of rotatable bonds is 8. The van der Waals surface area contributed by atoms with E-state index >= 15 is 0 Å². The van der Waals surface area contributed by atoms with Crippen molar-refractivity contribution in [2.75, 3.05) is 40.5 Å². The molecule has 1 fully saturated rings. The maximum atomic E-state index is 5.65. The van der Waals surface area contributed by atoms with Crippen LogP contribution in [-0.4, -0.2) is 56.2 Å². The van der Waals surface area contributed by atoms with E-state index < -0.39 is 0 Å². The lowest BCUT2D eigenvalue weighted by molar-refractivity contribution is 0.0513. The van der Waals surface area contributed by atoms with E-state index in [2.05, 4.69) is 50.5 Å². The van der Waals surface area contributed by atoms with Crippen molar-refractivity contribution in [2.45, 2.75) is 45.1 Å². The zero-order chi connectivity index (χ0) is 21.4. The summed E-state index contributed by atoms with van der Waals surface area (Å²) in [5.41, 5.74) is 3.62. The van der Waals surface area contributed by atoms with E-state index in [0.29, 0.717) is 0 Å². The van der Waals surface area contributed by atoms with Gasteiger partial charge >= 0.3 is 0 Å². The molecular formula is C23H36IN5O2. The van der Waals surface area contributed by atoms with Crippen LogP contribution in [0, 0.1) is 13.8 Å². The van der Waals surface area contributed by atoms with Gasteiger partial charge in [-0.25, -0.2) is 0 Å². The maximum Gasteiger partial charge on any atom is 0.191 e. The molecule has 8 heteroatoms. The van der Waals surface area contributed by atoms with Crippen LogP contribution < -0.4 is 15.4 Å². The first-order valence-electron chi connectivity index (χ1n) is 10.7. The lowest BCUT2D eigenvalue weighted by atomic mass is 9.74. The van der Waals surface area contributed by atoms with Crippen molar-refractivity contribution in [1.29, 1.82) is 0 Å². The molecule has 0 radical (unpaired) electrons. The van der Waals surface area contributed by atoms with Crippen LogP contribution in [0.3, 0.4) is 0 Å². The van der Waals surface area contributed by atoms with Crippen LogP contribution in [0.4, 0.5) is 0 Å². The normalized spacial score (nSPS) is 15.8. The number of ether oxygens (including phenoxy) is 2. The highest BCUT2D eigenvalue weighted by Crippen LogP contribution is 2.35. The van der Waals surface area contributed by atoms with Gasteiger partial charge in [-0.05, 0) is 56.9 Å². The molecule has 1 aromatic heterocycles. The fourth-order valence-electron chi connectivity index (χ4n) is 4.08. The number of nitrogens with one attached hydrogen (secondary N) is 2. The van der Waals surface area contributed by atoms with Gasteiger partial charge in [0.05, 0.1) is 12.8 Å². The second kappa shape index (κ2) is 12.3. The Hall–Kier alpha value is -1.81. The molecule has 1 aromatic carbocycles. The van der Waals surface area contributed by atoms with Gasteiger partial charge in [0.2, 0.25) is 0 Å². The van der Waals surface area contributed by atoms with Gasteiger partial charge in [0.15, 0.2) is 5.96 Å². The van der Waals surface area contributed by atoms with Crippen molar-refractivity contribution in [3.05, 3.63) is 47.3 Å². The molecule has 0 atom stereocenters. The monoisotopic (exact) mass is 541 g/mol. The minimum atomic E-state index is 0. The first-order chi connectivity index (χ1) is 14.6. The summed E-state index contributed by atoms with van der Waals surface area (Å²) in [4.78, 5) is 4.41. The van der Waals surface area contributed by atoms with E-state index in [1.165, 1.54) is 11.3 Å². The number of hydrogen-bond donors (Lipinski definition) is 2. The van der Waals surface area contributed by atoms with Gasteiger partial charge in [-0.2, -0.15) is 5.10 Å². The van der Waals surface area contributed by atoms with Gasteiger partial charge in [0.1, 0.15) is 5.75 Å². The molecule has 2 N–H and O–H groups in total. The summed E-state index contributed by atoms with van der Waals surface area (Å²) >= 11 is 0. The van der Waals surface area contributed by atoms with Crippen LogP contribution in [0.1, 0.15) is 36.2 Å². The van der Waals surface area contributed by atoms with E-state index in [1.807, 2.05) is 26.1 Å². The zero-order valence-electron chi connectivity index (χ0n) is 19.1. The Kier molecular flexibility index (Phi) is 10.1. The molecule has 1 aliphatic rings. The Morgan fingerprint density at radius 2 is 1.90 bits per heavy atom. The minimum Gasteiger partial charge on any atom is -0.497 e. The van der Waals surface area contributed by atoms with Crippen LogP contribution in [0.25, 0.3) is 0 Å². The number of benzene rings is 1. The summed E-state index contributed by atoms with van der Waals surface area (Å²) in [5.74, 6) is 1.72. The molecule has 2 heterocycles. The molecule has 0 spiro atoms. The van der Waals surface area contributed by atoms with Gasteiger partial charge in [0, 0.05) is 51.0 Å². The minimum absolute atomic E-state index is 0. The van der Waals surface area contributed by atoms with Crippen LogP contribution >= 0.6 is 24.0 Å². The first kappa shape index (κ1) is 25.5. The van der Waals surface area contributed by atoms with Gasteiger partial charge in [0.25, 0.3) is 0 Å². The number of halogens is 1. The standard InChI is InChI=1S/C23H35N5O2.HI/c1-18-16-19(2)28(27-18)13-5-12-25-22(24-3)26-17-23(10-14-30-15-11-23)20-6-8-21(29-4)9-7-20;/h6-9,16H,5,10-15,17H2,1-4H3,(H2,24,25,26);1H. The van der Waals surface area contributed by atoms with E-state index in [1.54, 1.807) is 7.11 Å². The van der Waals surface area contributed by atoms with E-state index in [-0.39, 0.29) is 29.4 Å². The predicted molar refractivity (Wildman–Crippen MR) is 136 cm³/mol. The summed E-state index contributed by atoms with van der Waals surface area (Å²) in [6.45, 7) is 8.25. The molecule has 0 saturated carbocycles. The van der Waals surface area contributed by atoms with Crippen LogP contribution in [0.15, 0.2) is 35.3 Å². The molecule has 172 valence electrons. The largest absolute Gasteiger partial charge is 0.497 e.